The minimum Gasteiger partial charge on any atom is -0.481 e. The summed E-state index contributed by atoms with van der Waals surface area (Å²) in [5.74, 6) is -0.657. The molecule has 41 heavy (non-hydrogen) atoms. The van der Waals surface area contributed by atoms with Crippen LogP contribution >= 0.6 is 0 Å². The Balaban J connectivity index is 3.39. The lowest BCUT2D eigenvalue weighted by Gasteiger charge is -2.16. The topological polar surface area (TPSA) is 63.6 Å². The quantitative estimate of drug-likeness (QED) is 0.0607. The maximum Gasteiger partial charge on any atom is 0.306 e. The lowest BCUT2D eigenvalue weighted by molar-refractivity contribution is -0.149. The van der Waals surface area contributed by atoms with Gasteiger partial charge in [-0.3, -0.25) is 9.59 Å². The number of unbranched alkanes of at least 4 members (excludes halogenated alkanes) is 26. The smallest absolute Gasteiger partial charge is 0.306 e. The Hall–Kier alpha value is -1.06. The fourth-order valence-electron chi connectivity index (χ4n) is 5.82. The summed E-state index contributed by atoms with van der Waals surface area (Å²) in [6, 6.07) is 0. The van der Waals surface area contributed by atoms with Gasteiger partial charge in [0.25, 0.3) is 0 Å². The average Bonchev–Trinajstić information content (AvgIpc) is 2.96. The van der Waals surface area contributed by atoms with Crippen molar-refractivity contribution in [2.45, 2.75) is 225 Å². The van der Waals surface area contributed by atoms with E-state index in [9.17, 15) is 9.59 Å². The number of carbonyl (C=O) groups is 2. The van der Waals surface area contributed by atoms with E-state index in [0.29, 0.717) is 12.8 Å². The highest BCUT2D eigenvalue weighted by Crippen LogP contribution is 2.17. The molecule has 0 spiro atoms. The van der Waals surface area contributed by atoms with Crippen LogP contribution in [0.3, 0.4) is 0 Å². The van der Waals surface area contributed by atoms with Gasteiger partial charge in [-0.1, -0.05) is 174 Å². The van der Waals surface area contributed by atoms with Crippen molar-refractivity contribution in [3.8, 4) is 0 Å². The van der Waals surface area contributed by atoms with Gasteiger partial charge in [-0.25, -0.2) is 0 Å². The number of hydrogen-bond acceptors (Lipinski definition) is 3. The monoisotopic (exact) mass is 581 g/mol. The lowest BCUT2D eigenvalue weighted by atomic mass is 10.0. The van der Waals surface area contributed by atoms with Crippen molar-refractivity contribution in [3.05, 3.63) is 0 Å². The number of hydrogen-bond donors (Lipinski definition) is 1. The van der Waals surface area contributed by atoms with E-state index >= 15 is 0 Å². The van der Waals surface area contributed by atoms with E-state index in [2.05, 4.69) is 13.8 Å². The Kier molecular flexibility index (Phi) is 32.6. The minimum atomic E-state index is -0.672. The minimum absolute atomic E-state index is 0.0146. The molecule has 0 aromatic rings. The molecule has 0 saturated carbocycles. The summed E-state index contributed by atoms with van der Waals surface area (Å²) in [4.78, 5) is 22.8. The Morgan fingerprint density at radius 2 is 0.780 bits per heavy atom. The Bertz CT molecular complexity index is 547. The molecule has 0 saturated heterocycles. The fourth-order valence-corrected chi connectivity index (χ4v) is 5.82. The van der Waals surface area contributed by atoms with Crippen LogP contribution in [0, 0.1) is 0 Å². The zero-order valence-corrected chi connectivity index (χ0v) is 27.9. The first-order chi connectivity index (χ1) is 20.1. The molecular formula is C37H72O4. The van der Waals surface area contributed by atoms with Crippen molar-refractivity contribution in [2.75, 3.05) is 0 Å². The molecule has 0 amide bonds. The van der Waals surface area contributed by atoms with Crippen molar-refractivity contribution in [1.82, 2.24) is 0 Å². The van der Waals surface area contributed by atoms with Gasteiger partial charge in [0.1, 0.15) is 6.10 Å². The zero-order chi connectivity index (χ0) is 30.1. The van der Waals surface area contributed by atoms with Crippen LogP contribution in [0.25, 0.3) is 0 Å². The van der Waals surface area contributed by atoms with Crippen molar-refractivity contribution >= 4 is 11.9 Å². The Labute approximate surface area is 256 Å². The lowest BCUT2D eigenvalue weighted by Crippen LogP contribution is -2.17. The van der Waals surface area contributed by atoms with Crippen LogP contribution in [0.15, 0.2) is 0 Å². The first-order valence-corrected chi connectivity index (χ1v) is 18.5. The molecular weight excluding hydrogens is 508 g/mol. The van der Waals surface area contributed by atoms with E-state index in [4.69, 9.17) is 9.84 Å². The van der Waals surface area contributed by atoms with Crippen LogP contribution in [0.5, 0.6) is 0 Å². The maximum absolute atomic E-state index is 12.3. The van der Waals surface area contributed by atoms with Crippen molar-refractivity contribution in [2.24, 2.45) is 0 Å². The highest BCUT2D eigenvalue weighted by molar-refractivity contribution is 5.69. The van der Waals surface area contributed by atoms with Gasteiger partial charge in [0, 0.05) is 12.8 Å². The summed E-state index contributed by atoms with van der Waals surface area (Å²) >= 11 is 0. The van der Waals surface area contributed by atoms with E-state index in [1.165, 1.54) is 148 Å². The second-order valence-electron chi connectivity index (χ2n) is 12.7. The molecule has 0 aliphatic carbocycles. The van der Waals surface area contributed by atoms with Crippen LogP contribution in [0.4, 0.5) is 0 Å². The van der Waals surface area contributed by atoms with Crippen LogP contribution in [0.2, 0.25) is 0 Å². The fraction of sp³-hybridized carbons (Fsp3) is 0.946. The van der Waals surface area contributed by atoms with Gasteiger partial charge in [0.15, 0.2) is 0 Å². The van der Waals surface area contributed by atoms with Crippen molar-refractivity contribution in [3.63, 3.8) is 0 Å². The van der Waals surface area contributed by atoms with Gasteiger partial charge in [0.2, 0.25) is 0 Å². The molecule has 1 unspecified atom stereocenters. The number of carboxylic acid groups (broad SMARTS) is 1. The Morgan fingerprint density at radius 3 is 1.12 bits per heavy atom. The third-order valence-corrected chi connectivity index (χ3v) is 8.65. The van der Waals surface area contributed by atoms with E-state index in [0.717, 1.165) is 44.9 Å². The van der Waals surface area contributed by atoms with Crippen molar-refractivity contribution < 1.29 is 19.4 Å². The third-order valence-electron chi connectivity index (χ3n) is 8.65. The standard InChI is InChI=1S/C37H72O4/c1-3-5-6-7-8-9-10-11-12-13-14-15-19-22-25-28-31-34-37(40)41-35(4-2)32-29-26-23-20-17-16-18-21-24-27-30-33-36(38)39/h35H,3-34H2,1-2H3,(H,38,39). The summed E-state index contributed by atoms with van der Waals surface area (Å²) in [7, 11) is 0. The molecule has 0 aromatic carbocycles. The third kappa shape index (κ3) is 33.3. The van der Waals surface area contributed by atoms with E-state index in [1.807, 2.05) is 0 Å². The van der Waals surface area contributed by atoms with E-state index in [-0.39, 0.29) is 12.1 Å². The van der Waals surface area contributed by atoms with E-state index < -0.39 is 5.97 Å². The van der Waals surface area contributed by atoms with Gasteiger partial charge in [0.05, 0.1) is 0 Å². The first kappa shape index (κ1) is 39.9. The van der Waals surface area contributed by atoms with Gasteiger partial charge in [-0.05, 0) is 32.1 Å². The number of carbonyl (C=O) groups excluding carboxylic acids is 1. The predicted octanol–water partition coefficient (Wildman–Crippen LogP) is 12.5. The molecule has 1 N–H and O–H groups in total. The van der Waals surface area contributed by atoms with Crippen LogP contribution in [0.1, 0.15) is 219 Å². The first-order valence-electron chi connectivity index (χ1n) is 18.5. The summed E-state index contributed by atoms with van der Waals surface area (Å²) in [6.45, 7) is 4.42. The average molecular weight is 581 g/mol. The van der Waals surface area contributed by atoms with Gasteiger partial charge in [-0.15, -0.1) is 0 Å². The number of ether oxygens (including phenoxy) is 1. The molecule has 0 aliphatic rings. The molecule has 0 heterocycles. The van der Waals surface area contributed by atoms with Crippen LogP contribution < -0.4 is 0 Å². The van der Waals surface area contributed by atoms with Gasteiger partial charge in [-0.2, -0.15) is 0 Å². The number of carboxylic acids is 1. The maximum atomic E-state index is 12.3. The molecule has 0 aromatic heterocycles. The summed E-state index contributed by atoms with van der Waals surface area (Å²) in [5, 5.41) is 8.65. The van der Waals surface area contributed by atoms with Gasteiger partial charge >= 0.3 is 11.9 Å². The predicted molar refractivity (Wildman–Crippen MR) is 177 cm³/mol. The summed E-state index contributed by atoms with van der Waals surface area (Å²) < 4.78 is 5.77. The Morgan fingerprint density at radius 1 is 0.463 bits per heavy atom. The molecule has 0 aliphatic heterocycles. The second kappa shape index (κ2) is 33.4. The second-order valence-corrected chi connectivity index (χ2v) is 12.7. The molecule has 0 rings (SSSR count). The molecule has 4 heteroatoms. The number of rotatable bonds is 34. The molecule has 4 nitrogen and oxygen atoms in total. The van der Waals surface area contributed by atoms with Crippen LogP contribution in [-0.4, -0.2) is 23.1 Å². The molecule has 1 atom stereocenters. The molecule has 0 fully saturated rings. The van der Waals surface area contributed by atoms with Crippen molar-refractivity contribution in [1.29, 1.82) is 0 Å². The summed E-state index contributed by atoms with van der Waals surface area (Å²) in [6.07, 6.45) is 39.2. The van der Waals surface area contributed by atoms with Gasteiger partial charge < -0.3 is 9.84 Å². The highest BCUT2D eigenvalue weighted by atomic mass is 16.5. The SMILES string of the molecule is CCCCCCCCCCCCCCCCCCCC(=O)OC(CC)CCCCCCCCCCCCCC(=O)O. The van der Waals surface area contributed by atoms with E-state index in [1.54, 1.807) is 0 Å². The largest absolute Gasteiger partial charge is 0.481 e. The molecule has 0 bridgehead atoms. The zero-order valence-electron chi connectivity index (χ0n) is 27.9. The molecule has 244 valence electrons. The number of aliphatic carboxylic acids is 1. The highest BCUT2D eigenvalue weighted by Gasteiger charge is 2.12. The summed E-state index contributed by atoms with van der Waals surface area (Å²) in [5.41, 5.74) is 0. The van der Waals surface area contributed by atoms with Crippen LogP contribution in [-0.2, 0) is 14.3 Å². The molecule has 0 radical (unpaired) electrons. The number of esters is 1. The normalized spacial score (nSPS) is 12.0.